The highest BCUT2D eigenvalue weighted by molar-refractivity contribution is 5.47. The van der Waals surface area contributed by atoms with Crippen molar-refractivity contribution in [2.75, 3.05) is 12.4 Å². The quantitative estimate of drug-likeness (QED) is 0.681. The fourth-order valence-corrected chi connectivity index (χ4v) is 1.70. The largest absolute Gasteiger partial charge is 0.433 e. The molecule has 0 aliphatic carbocycles. The highest BCUT2D eigenvalue weighted by Crippen LogP contribution is 2.31. The first-order valence-electron chi connectivity index (χ1n) is 5.95. The van der Waals surface area contributed by atoms with Gasteiger partial charge in [0.2, 0.25) is 5.95 Å². The van der Waals surface area contributed by atoms with Crippen LogP contribution in [0.2, 0.25) is 0 Å². The van der Waals surface area contributed by atoms with Crippen LogP contribution < -0.4 is 10.1 Å². The molecule has 0 unspecified atom stereocenters. The summed E-state index contributed by atoms with van der Waals surface area (Å²) in [4.78, 5) is 18.2. The summed E-state index contributed by atoms with van der Waals surface area (Å²) in [6.45, 7) is 3.83. The van der Waals surface area contributed by atoms with E-state index < -0.39 is 4.92 Å². The van der Waals surface area contributed by atoms with Gasteiger partial charge in [0.05, 0.1) is 4.92 Å². The lowest BCUT2D eigenvalue weighted by atomic mass is 10.1. The molecule has 2 rings (SSSR count). The smallest absolute Gasteiger partial charge is 0.349 e. The maximum Gasteiger partial charge on any atom is 0.349 e. The summed E-state index contributed by atoms with van der Waals surface area (Å²) < 4.78 is 5.57. The Hall–Kier alpha value is -2.70. The van der Waals surface area contributed by atoms with E-state index in [0.717, 1.165) is 17.3 Å². The normalized spacial score (nSPS) is 10.2. The number of aryl methyl sites for hydroxylation is 2. The van der Waals surface area contributed by atoms with Crippen LogP contribution in [0.4, 0.5) is 11.6 Å². The Labute approximate surface area is 115 Å². The van der Waals surface area contributed by atoms with Gasteiger partial charge in [-0.15, -0.1) is 0 Å². The van der Waals surface area contributed by atoms with Crippen LogP contribution in [0.3, 0.4) is 0 Å². The van der Waals surface area contributed by atoms with Crippen LogP contribution in [0.15, 0.2) is 24.4 Å². The minimum Gasteiger partial charge on any atom is -0.433 e. The van der Waals surface area contributed by atoms with E-state index in [1.54, 1.807) is 13.1 Å². The van der Waals surface area contributed by atoms with E-state index in [0.29, 0.717) is 5.75 Å². The summed E-state index contributed by atoms with van der Waals surface area (Å²) in [5, 5.41) is 13.7. The predicted molar refractivity (Wildman–Crippen MR) is 74.2 cm³/mol. The zero-order valence-corrected chi connectivity index (χ0v) is 11.4. The Kier molecular flexibility index (Phi) is 3.79. The molecule has 0 atom stereocenters. The van der Waals surface area contributed by atoms with Gasteiger partial charge in [-0.3, -0.25) is 10.1 Å². The molecule has 0 aliphatic heterocycles. The van der Waals surface area contributed by atoms with Crippen LogP contribution in [-0.4, -0.2) is 21.9 Å². The molecule has 1 heterocycles. The molecule has 0 saturated carbocycles. The Morgan fingerprint density at radius 2 is 2.10 bits per heavy atom. The van der Waals surface area contributed by atoms with Crippen molar-refractivity contribution >= 4 is 11.6 Å². The summed E-state index contributed by atoms with van der Waals surface area (Å²) in [5.74, 6) is 0.705. The number of benzene rings is 1. The summed E-state index contributed by atoms with van der Waals surface area (Å²) in [6.07, 6.45) is 1.12. The van der Waals surface area contributed by atoms with E-state index in [-0.39, 0.29) is 17.5 Å². The molecular formula is C13H14N4O3. The first-order chi connectivity index (χ1) is 9.51. The Morgan fingerprint density at radius 1 is 1.35 bits per heavy atom. The lowest BCUT2D eigenvalue weighted by Gasteiger charge is -2.09. The number of nitrogens with one attached hydrogen (secondary N) is 1. The Balaban J connectivity index is 2.43. The molecule has 0 radical (unpaired) electrons. The van der Waals surface area contributed by atoms with E-state index in [1.165, 1.54) is 0 Å². The van der Waals surface area contributed by atoms with Gasteiger partial charge in [0.15, 0.2) is 0 Å². The molecule has 20 heavy (non-hydrogen) atoms. The van der Waals surface area contributed by atoms with Gasteiger partial charge in [0, 0.05) is 7.05 Å². The molecule has 0 saturated heterocycles. The van der Waals surface area contributed by atoms with Crippen LogP contribution >= 0.6 is 0 Å². The van der Waals surface area contributed by atoms with Crippen LogP contribution in [0.1, 0.15) is 11.1 Å². The Morgan fingerprint density at radius 3 is 2.70 bits per heavy atom. The van der Waals surface area contributed by atoms with E-state index in [9.17, 15) is 10.1 Å². The SMILES string of the molecule is CNc1ncc([N+](=O)[O-])c(Oc2ccc(C)cc2C)n1. The molecule has 7 heteroatoms. The maximum absolute atomic E-state index is 11.0. The third-order valence-electron chi connectivity index (χ3n) is 2.69. The third kappa shape index (κ3) is 2.82. The number of anilines is 1. The van der Waals surface area contributed by atoms with Crippen LogP contribution in [0, 0.1) is 24.0 Å². The summed E-state index contributed by atoms with van der Waals surface area (Å²) in [5.41, 5.74) is 1.69. The molecule has 1 N–H and O–H groups in total. The first-order valence-corrected chi connectivity index (χ1v) is 5.95. The Bertz CT molecular complexity index is 658. The number of nitrogens with zero attached hydrogens (tertiary/aromatic N) is 3. The van der Waals surface area contributed by atoms with Crippen molar-refractivity contribution in [3.63, 3.8) is 0 Å². The zero-order chi connectivity index (χ0) is 14.7. The van der Waals surface area contributed by atoms with Gasteiger partial charge in [0.1, 0.15) is 11.9 Å². The van der Waals surface area contributed by atoms with Gasteiger partial charge < -0.3 is 10.1 Å². The van der Waals surface area contributed by atoms with Crippen molar-refractivity contribution in [2.45, 2.75) is 13.8 Å². The zero-order valence-electron chi connectivity index (χ0n) is 11.4. The number of aromatic nitrogens is 2. The molecule has 7 nitrogen and oxygen atoms in total. The fraction of sp³-hybridized carbons (Fsp3) is 0.231. The van der Waals surface area contributed by atoms with Crippen molar-refractivity contribution < 1.29 is 9.66 Å². The topological polar surface area (TPSA) is 90.2 Å². The second-order valence-corrected chi connectivity index (χ2v) is 4.26. The first kappa shape index (κ1) is 13.7. The van der Waals surface area contributed by atoms with Gasteiger partial charge in [-0.25, -0.2) is 4.98 Å². The minimum atomic E-state index is -0.571. The van der Waals surface area contributed by atoms with Crippen molar-refractivity contribution in [1.82, 2.24) is 9.97 Å². The second kappa shape index (κ2) is 5.52. The van der Waals surface area contributed by atoms with Crippen LogP contribution in [0.25, 0.3) is 0 Å². The molecule has 0 fully saturated rings. The number of hydrogen-bond acceptors (Lipinski definition) is 6. The molecular weight excluding hydrogens is 260 g/mol. The van der Waals surface area contributed by atoms with Gasteiger partial charge >= 0.3 is 11.6 Å². The lowest BCUT2D eigenvalue weighted by molar-refractivity contribution is -0.386. The second-order valence-electron chi connectivity index (χ2n) is 4.26. The van der Waals surface area contributed by atoms with Crippen molar-refractivity contribution in [3.05, 3.63) is 45.6 Å². The van der Waals surface area contributed by atoms with Crippen molar-refractivity contribution in [3.8, 4) is 11.6 Å². The molecule has 1 aromatic heterocycles. The maximum atomic E-state index is 11.0. The summed E-state index contributed by atoms with van der Waals surface area (Å²) >= 11 is 0. The van der Waals surface area contributed by atoms with E-state index in [1.807, 2.05) is 26.0 Å². The minimum absolute atomic E-state index is 0.0821. The summed E-state index contributed by atoms with van der Waals surface area (Å²) in [6, 6.07) is 5.56. The van der Waals surface area contributed by atoms with Gasteiger partial charge in [-0.2, -0.15) is 4.98 Å². The molecule has 0 bridgehead atoms. The average Bonchev–Trinajstić information content (AvgIpc) is 2.41. The van der Waals surface area contributed by atoms with E-state index in [2.05, 4.69) is 15.3 Å². The number of ether oxygens (including phenoxy) is 1. The highest BCUT2D eigenvalue weighted by atomic mass is 16.6. The van der Waals surface area contributed by atoms with Crippen LogP contribution in [0.5, 0.6) is 11.6 Å². The summed E-state index contributed by atoms with van der Waals surface area (Å²) in [7, 11) is 1.63. The molecule has 2 aromatic rings. The fourth-order valence-electron chi connectivity index (χ4n) is 1.70. The molecule has 0 amide bonds. The molecule has 104 valence electrons. The molecule has 1 aromatic carbocycles. The predicted octanol–water partition coefficient (Wildman–Crippen LogP) is 2.84. The van der Waals surface area contributed by atoms with Gasteiger partial charge in [0.25, 0.3) is 0 Å². The number of nitro groups is 1. The van der Waals surface area contributed by atoms with Crippen LogP contribution in [-0.2, 0) is 0 Å². The third-order valence-corrected chi connectivity index (χ3v) is 2.69. The van der Waals surface area contributed by atoms with Gasteiger partial charge in [-0.1, -0.05) is 17.7 Å². The number of rotatable bonds is 4. The average molecular weight is 274 g/mol. The number of hydrogen-bond donors (Lipinski definition) is 1. The van der Waals surface area contributed by atoms with Crippen molar-refractivity contribution in [1.29, 1.82) is 0 Å². The standard InChI is InChI=1S/C13H14N4O3/c1-8-4-5-11(9(2)6-8)20-12-10(17(18)19)7-15-13(14-3)16-12/h4-7H,1-3H3,(H,14,15,16). The molecule has 0 aliphatic rings. The molecule has 0 spiro atoms. The van der Waals surface area contributed by atoms with E-state index >= 15 is 0 Å². The lowest BCUT2D eigenvalue weighted by Crippen LogP contribution is -2.02. The monoisotopic (exact) mass is 274 g/mol. The highest BCUT2D eigenvalue weighted by Gasteiger charge is 2.20. The van der Waals surface area contributed by atoms with Gasteiger partial charge in [-0.05, 0) is 25.5 Å². The van der Waals surface area contributed by atoms with E-state index in [4.69, 9.17) is 4.74 Å². The van der Waals surface area contributed by atoms with Crippen molar-refractivity contribution in [2.24, 2.45) is 0 Å².